The summed E-state index contributed by atoms with van der Waals surface area (Å²) < 4.78 is 0. The van der Waals surface area contributed by atoms with Crippen molar-refractivity contribution < 1.29 is 0 Å². The number of hydrogen-bond acceptors (Lipinski definition) is 3. The fraction of sp³-hybridized carbons (Fsp3) is 0.286. The minimum absolute atomic E-state index is 0.834. The van der Waals surface area contributed by atoms with Crippen LogP contribution in [0.3, 0.4) is 0 Å². The molecule has 0 bridgehead atoms. The third-order valence-corrected chi connectivity index (χ3v) is 2.67. The van der Waals surface area contributed by atoms with Crippen LogP contribution in [-0.2, 0) is 0 Å². The van der Waals surface area contributed by atoms with E-state index in [0.717, 1.165) is 29.2 Å². The Morgan fingerprint density at radius 3 is 2.35 bits per heavy atom. The average Bonchev–Trinajstić information content (AvgIpc) is 2.31. The minimum atomic E-state index is 0.834. The lowest BCUT2D eigenvalue weighted by Crippen LogP contribution is -2.02. The summed E-state index contributed by atoms with van der Waals surface area (Å²) in [5, 5.41) is 11.6. The van der Waals surface area contributed by atoms with Crippen molar-refractivity contribution in [2.24, 2.45) is 0 Å². The molecule has 1 N–H and O–H groups in total. The molecule has 2 aromatic rings. The molecule has 3 heteroatoms. The van der Waals surface area contributed by atoms with Crippen LogP contribution in [0.15, 0.2) is 30.3 Å². The second-order valence-corrected chi connectivity index (χ2v) is 4.16. The van der Waals surface area contributed by atoms with Crippen molar-refractivity contribution in [2.45, 2.75) is 20.8 Å². The van der Waals surface area contributed by atoms with Gasteiger partial charge in [-0.3, -0.25) is 0 Å². The Morgan fingerprint density at radius 1 is 1.06 bits per heavy atom. The van der Waals surface area contributed by atoms with Gasteiger partial charge < -0.3 is 5.32 Å². The number of anilines is 1. The number of aromatic nitrogens is 2. The molecular formula is C14H17N3. The van der Waals surface area contributed by atoms with Gasteiger partial charge in [0.25, 0.3) is 0 Å². The molecule has 0 amide bonds. The van der Waals surface area contributed by atoms with Crippen LogP contribution in [0.25, 0.3) is 11.3 Å². The SMILES string of the molecule is CCNc1cc(C)c(-c2ccc(C)cc2)nn1. The molecule has 0 spiro atoms. The van der Waals surface area contributed by atoms with Gasteiger partial charge in [-0.05, 0) is 32.4 Å². The summed E-state index contributed by atoms with van der Waals surface area (Å²) >= 11 is 0. The average molecular weight is 227 g/mol. The quantitative estimate of drug-likeness (QED) is 0.875. The van der Waals surface area contributed by atoms with E-state index in [1.807, 2.05) is 13.0 Å². The highest BCUT2D eigenvalue weighted by molar-refractivity contribution is 5.63. The van der Waals surface area contributed by atoms with Gasteiger partial charge in [0.2, 0.25) is 0 Å². The second-order valence-electron chi connectivity index (χ2n) is 4.16. The number of benzene rings is 1. The van der Waals surface area contributed by atoms with E-state index in [2.05, 4.69) is 53.6 Å². The van der Waals surface area contributed by atoms with Crippen molar-refractivity contribution in [3.8, 4) is 11.3 Å². The maximum absolute atomic E-state index is 4.28. The first-order chi connectivity index (χ1) is 8.20. The van der Waals surface area contributed by atoms with E-state index < -0.39 is 0 Å². The van der Waals surface area contributed by atoms with Crippen LogP contribution < -0.4 is 5.32 Å². The van der Waals surface area contributed by atoms with Crippen molar-refractivity contribution in [3.63, 3.8) is 0 Å². The molecule has 0 unspecified atom stereocenters. The molecule has 3 nitrogen and oxygen atoms in total. The molecular weight excluding hydrogens is 210 g/mol. The lowest BCUT2D eigenvalue weighted by Gasteiger charge is -2.07. The third-order valence-electron chi connectivity index (χ3n) is 2.67. The monoisotopic (exact) mass is 227 g/mol. The van der Waals surface area contributed by atoms with Crippen molar-refractivity contribution >= 4 is 5.82 Å². The van der Waals surface area contributed by atoms with Gasteiger partial charge in [-0.1, -0.05) is 29.8 Å². The summed E-state index contributed by atoms with van der Waals surface area (Å²) in [6.45, 7) is 7.05. The summed E-state index contributed by atoms with van der Waals surface area (Å²) in [7, 11) is 0. The highest BCUT2D eigenvalue weighted by atomic mass is 15.2. The van der Waals surface area contributed by atoms with Gasteiger partial charge in [0.1, 0.15) is 5.82 Å². The summed E-state index contributed by atoms with van der Waals surface area (Å²) in [5.74, 6) is 0.834. The van der Waals surface area contributed by atoms with Crippen LogP contribution in [0.4, 0.5) is 5.82 Å². The number of aryl methyl sites for hydroxylation is 2. The van der Waals surface area contributed by atoms with Gasteiger partial charge in [0.05, 0.1) is 5.69 Å². The molecule has 0 atom stereocenters. The lowest BCUT2D eigenvalue weighted by molar-refractivity contribution is 1.00. The molecule has 1 heterocycles. The largest absolute Gasteiger partial charge is 0.369 e. The third kappa shape index (κ3) is 2.61. The van der Waals surface area contributed by atoms with E-state index in [-0.39, 0.29) is 0 Å². The fourth-order valence-electron chi connectivity index (χ4n) is 1.75. The predicted octanol–water partition coefficient (Wildman–Crippen LogP) is 3.19. The summed E-state index contributed by atoms with van der Waals surface area (Å²) in [5.41, 5.74) is 4.46. The molecule has 0 radical (unpaired) electrons. The standard InChI is InChI=1S/C14H17N3/c1-4-15-13-9-11(3)14(17-16-13)12-7-5-10(2)6-8-12/h5-9H,4H2,1-3H3,(H,15,16). The predicted molar refractivity (Wildman–Crippen MR) is 71.1 cm³/mol. The van der Waals surface area contributed by atoms with Gasteiger partial charge in [-0.2, -0.15) is 0 Å². The Bertz CT molecular complexity index is 503. The molecule has 0 fully saturated rings. The zero-order chi connectivity index (χ0) is 12.3. The van der Waals surface area contributed by atoms with Gasteiger partial charge >= 0.3 is 0 Å². The van der Waals surface area contributed by atoms with Crippen LogP contribution in [0.2, 0.25) is 0 Å². The Morgan fingerprint density at radius 2 is 1.76 bits per heavy atom. The molecule has 1 aromatic carbocycles. The number of rotatable bonds is 3. The van der Waals surface area contributed by atoms with Crippen molar-refractivity contribution in [1.29, 1.82) is 0 Å². The van der Waals surface area contributed by atoms with E-state index in [1.54, 1.807) is 0 Å². The van der Waals surface area contributed by atoms with Crippen molar-refractivity contribution in [3.05, 3.63) is 41.5 Å². The molecule has 0 aliphatic heterocycles. The first kappa shape index (κ1) is 11.6. The summed E-state index contributed by atoms with van der Waals surface area (Å²) in [6, 6.07) is 10.4. The van der Waals surface area contributed by atoms with Crippen molar-refractivity contribution in [2.75, 3.05) is 11.9 Å². The molecule has 2 rings (SSSR count). The first-order valence-corrected chi connectivity index (χ1v) is 5.86. The Labute approximate surface area is 102 Å². The molecule has 88 valence electrons. The van der Waals surface area contributed by atoms with E-state index in [0.29, 0.717) is 0 Å². The van der Waals surface area contributed by atoms with E-state index >= 15 is 0 Å². The van der Waals surface area contributed by atoms with E-state index in [4.69, 9.17) is 0 Å². The van der Waals surface area contributed by atoms with Crippen LogP contribution >= 0.6 is 0 Å². The van der Waals surface area contributed by atoms with Crippen LogP contribution in [0.1, 0.15) is 18.1 Å². The Hall–Kier alpha value is -1.90. The van der Waals surface area contributed by atoms with Gasteiger partial charge in [0, 0.05) is 12.1 Å². The molecule has 0 aliphatic rings. The van der Waals surface area contributed by atoms with E-state index in [1.165, 1.54) is 5.56 Å². The fourth-order valence-corrected chi connectivity index (χ4v) is 1.75. The van der Waals surface area contributed by atoms with Crippen LogP contribution in [0, 0.1) is 13.8 Å². The maximum Gasteiger partial charge on any atom is 0.148 e. The maximum atomic E-state index is 4.28. The van der Waals surface area contributed by atoms with Gasteiger partial charge in [0.15, 0.2) is 0 Å². The van der Waals surface area contributed by atoms with Crippen LogP contribution in [0.5, 0.6) is 0 Å². The Kier molecular flexibility index (Phi) is 3.38. The van der Waals surface area contributed by atoms with Crippen LogP contribution in [-0.4, -0.2) is 16.7 Å². The molecule has 0 saturated heterocycles. The number of nitrogens with one attached hydrogen (secondary N) is 1. The van der Waals surface area contributed by atoms with Gasteiger partial charge in [-0.25, -0.2) is 0 Å². The lowest BCUT2D eigenvalue weighted by atomic mass is 10.1. The molecule has 0 saturated carbocycles. The zero-order valence-electron chi connectivity index (χ0n) is 10.5. The summed E-state index contributed by atoms with van der Waals surface area (Å²) in [4.78, 5) is 0. The minimum Gasteiger partial charge on any atom is -0.369 e. The summed E-state index contributed by atoms with van der Waals surface area (Å²) in [6.07, 6.45) is 0. The normalized spacial score (nSPS) is 10.3. The second kappa shape index (κ2) is 4.95. The number of hydrogen-bond donors (Lipinski definition) is 1. The Balaban J connectivity index is 2.36. The molecule has 17 heavy (non-hydrogen) atoms. The highest BCUT2D eigenvalue weighted by Crippen LogP contribution is 2.21. The topological polar surface area (TPSA) is 37.8 Å². The smallest absolute Gasteiger partial charge is 0.148 e. The zero-order valence-corrected chi connectivity index (χ0v) is 10.5. The number of nitrogens with zero attached hydrogens (tertiary/aromatic N) is 2. The first-order valence-electron chi connectivity index (χ1n) is 5.86. The highest BCUT2D eigenvalue weighted by Gasteiger charge is 2.05. The van der Waals surface area contributed by atoms with Crippen molar-refractivity contribution in [1.82, 2.24) is 10.2 Å². The van der Waals surface area contributed by atoms with E-state index in [9.17, 15) is 0 Å². The molecule has 0 aliphatic carbocycles. The van der Waals surface area contributed by atoms with Gasteiger partial charge in [-0.15, -0.1) is 10.2 Å². The molecule has 1 aromatic heterocycles.